The Hall–Kier alpha value is -3.74. The van der Waals surface area contributed by atoms with Gasteiger partial charge in [0, 0.05) is 18.1 Å². The topological polar surface area (TPSA) is 71.5 Å². The molecule has 0 radical (unpaired) electrons. The number of rotatable bonds is 4. The highest BCUT2D eigenvalue weighted by Crippen LogP contribution is 2.37. The smallest absolute Gasteiger partial charge is 0.268 e. The quantitative estimate of drug-likeness (QED) is 0.735. The van der Waals surface area contributed by atoms with Crippen molar-refractivity contribution in [2.24, 2.45) is 0 Å². The Labute approximate surface area is 166 Å². The molecule has 146 valence electrons. The molecule has 1 aromatic heterocycles. The Balaban J connectivity index is 1.63. The van der Waals surface area contributed by atoms with Crippen molar-refractivity contribution in [1.29, 1.82) is 0 Å². The van der Waals surface area contributed by atoms with E-state index >= 15 is 0 Å². The predicted molar refractivity (Wildman–Crippen MR) is 106 cm³/mol. The first-order valence-electron chi connectivity index (χ1n) is 9.09. The predicted octanol–water partition coefficient (Wildman–Crippen LogP) is 3.79. The zero-order chi connectivity index (χ0) is 20.4. The lowest BCUT2D eigenvalue weighted by Crippen LogP contribution is -2.44. The summed E-state index contributed by atoms with van der Waals surface area (Å²) in [7, 11) is 0. The molecule has 2 heterocycles. The molecule has 0 saturated heterocycles. The minimum Gasteiger partial charge on any atom is -0.479 e. The maximum Gasteiger partial charge on any atom is 0.268 e. The van der Waals surface area contributed by atoms with Gasteiger partial charge in [0.2, 0.25) is 0 Å². The van der Waals surface area contributed by atoms with Crippen LogP contribution in [-0.4, -0.2) is 22.9 Å². The van der Waals surface area contributed by atoms with Crippen molar-refractivity contribution in [3.8, 4) is 5.75 Å². The van der Waals surface area contributed by atoms with Crippen LogP contribution < -0.4 is 15.0 Å². The number of carbonyl (C=O) groups excluding carboxylic acids is 2. The molecule has 0 spiro atoms. The Bertz CT molecular complexity index is 1050. The molecular weight excluding hydrogens is 373 g/mol. The van der Waals surface area contributed by atoms with E-state index in [1.165, 1.54) is 18.3 Å². The van der Waals surface area contributed by atoms with Crippen molar-refractivity contribution < 1.29 is 18.7 Å². The van der Waals surface area contributed by atoms with E-state index in [2.05, 4.69) is 10.3 Å². The van der Waals surface area contributed by atoms with E-state index in [9.17, 15) is 14.0 Å². The molecule has 7 heteroatoms. The number of carbonyl (C=O) groups is 2. The summed E-state index contributed by atoms with van der Waals surface area (Å²) < 4.78 is 18.9. The fourth-order valence-corrected chi connectivity index (χ4v) is 3.12. The Morgan fingerprint density at radius 1 is 1.21 bits per heavy atom. The lowest BCUT2D eigenvalue weighted by atomic mass is 10.1. The first kappa shape index (κ1) is 18.6. The molecular formula is C22H18FN3O3. The van der Waals surface area contributed by atoms with E-state index in [4.69, 9.17) is 4.74 Å². The zero-order valence-electron chi connectivity index (χ0n) is 15.6. The second kappa shape index (κ2) is 7.71. The van der Waals surface area contributed by atoms with Crippen molar-refractivity contribution >= 4 is 23.2 Å². The number of ether oxygens (including phenoxy) is 1. The van der Waals surface area contributed by atoms with E-state index in [1.54, 1.807) is 60.5 Å². The van der Waals surface area contributed by atoms with Gasteiger partial charge in [-0.25, -0.2) is 4.39 Å². The van der Waals surface area contributed by atoms with Gasteiger partial charge in [-0.1, -0.05) is 12.1 Å². The molecule has 29 heavy (non-hydrogen) atoms. The van der Waals surface area contributed by atoms with Crippen molar-refractivity contribution in [1.82, 2.24) is 4.98 Å². The zero-order valence-corrected chi connectivity index (χ0v) is 15.6. The third-order valence-electron chi connectivity index (χ3n) is 4.60. The average Bonchev–Trinajstić information content (AvgIpc) is 2.74. The molecule has 0 bridgehead atoms. The largest absolute Gasteiger partial charge is 0.479 e. The Morgan fingerprint density at radius 2 is 2.00 bits per heavy atom. The lowest BCUT2D eigenvalue weighted by molar-refractivity contribution is -0.125. The van der Waals surface area contributed by atoms with E-state index in [0.717, 1.165) is 5.56 Å². The normalized spacial score (nSPS) is 15.4. The summed E-state index contributed by atoms with van der Waals surface area (Å²) in [6, 6.07) is 14.4. The van der Waals surface area contributed by atoms with Gasteiger partial charge in [-0.15, -0.1) is 0 Å². The van der Waals surface area contributed by atoms with Crippen LogP contribution in [-0.2, 0) is 11.3 Å². The van der Waals surface area contributed by atoms with Gasteiger partial charge in [-0.3, -0.25) is 14.6 Å². The minimum atomic E-state index is -0.640. The summed E-state index contributed by atoms with van der Waals surface area (Å²) in [5.41, 5.74) is 2.27. The van der Waals surface area contributed by atoms with Crippen LogP contribution in [0, 0.1) is 5.82 Å². The number of anilines is 2. The molecule has 6 nitrogen and oxygen atoms in total. The Morgan fingerprint density at radius 3 is 2.72 bits per heavy atom. The van der Waals surface area contributed by atoms with Crippen LogP contribution in [0.2, 0.25) is 0 Å². The molecule has 1 N–H and O–H groups in total. The molecule has 4 rings (SSSR count). The summed E-state index contributed by atoms with van der Waals surface area (Å²) in [4.78, 5) is 30.7. The number of pyridine rings is 1. The third-order valence-corrected chi connectivity index (χ3v) is 4.60. The van der Waals surface area contributed by atoms with E-state index in [-0.39, 0.29) is 24.2 Å². The van der Waals surface area contributed by atoms with Crippen LogP contribution in [0.5, 0.6) is 5.75 Å². The molecule has 0 saturated carbocycles. The van der Waals surface area contributed by atoms with Gasteiger partial charge in [0.1, 0.15) is 11.6 Å². The highest BCUT2D eigenvalue weighted by atomic mass is 19.1. The number of nitrogens with zero attached hydrogens (tertiary/aromatic N) is 2. The minimum absolute atomic E-state index is 0.211. The summed E-state index contributed by atoms with van der Waals surface area (Å²) in [5, 5.41) is 2.80. The maximum atomic E-state index is 13.2. The second-order valence-electron chi connectivity index (χ2n) is 6.69. The van der Waals surface area contributed by atoms with Crippen LogP contribution in [0.1, 0.15) is 22.8 Å². The van der Waals surface area contributed by atoms with Crippen LogP contribution >= 0.6 is 0 Å². The summed E-state index contributed by atoms with van der Waals surface area (Å²) in [6.07, 6.45) is 2.43. The molecule has 2 amide bonds. The van der Waals surface area contributed by atoms with Crippen LogP contribution in [0.3, 0.4) is 0 Å². The highest BCUT2D eigenvalue weighted by molar-refractivity contribution is 6.05. The molecule has 1 aliphatic rings. The van der Waals surface area contributed by atoms with Crippen LogP contribution in [0.25, 0.3) is 0 Å². The molecule has 3 aromatic rings. The van der Waals surface area contributed by atoms with Gasteiger partial charge in [0.05, 0.1) is 17.8 Å². The SMILES string of the molecule is CC1Oc2ccc(NC(=O)c3cccnc3)cc2N(Cc2ccc(F)cc2)C1=O. The summed E-state index contributed by atoms with van der Waals surface area (Å²) in [6.45, 7) is 1.95. The number of benzene rings is 2. The van der Waals surface area contributed by atoms with Crippen LogP contribution in [0.15, 0.2) is 67.0 Å². The van der Waals surface area contributed by atoms with Crippen molar-refractivity contribution in [3.05, 3.63) is 83.9 Å². The van der Waals surface area contributed by atoms with Gasteiger partial charge in [-0.05, 0) is 55.0 Å². The Kier molecular flexibility index (Phi) is 4.95. The maximum absolute atomic E-state index is 13.2. The van der Waals surface area contributed by atoms with Crippen LogP contribution in [0.4, 0.5) is 15.8 Å². The molecule has 1 unspecified atom stereocenters. The standard InChI is InChI=1S/C22H18FN3O3/c1-14-22(28)26(13-15-4-6-17(23)7-5-15)19-11-18(8-9-20(19)29-14)25-21(27)16-3-2-10-24-12-16/h2-12,14H,13H2,1H3,(H,25,27). The number of hydrogen-bond donors (Lipinski definition) is 1. The molecule has 1 atom stereocenters. The number of halogens is 1. The average molecular weight is 391 g/mol. The summed E-state index contributed by atoms with van der Waals surface area (Å²) in [5.74, 6) is -0.313. The van der Waals surface area contributed by atoms with Gasteiger partial charge in [0.15, 0.2) is 6.10 Å². The van der Waals surface area contributed by atoms with Gasteiger partial charge >= 0.3 is 0 Å². The van der Waals surface area contributed by atoms with Crippen molar-refractivity contribution in [2.45, 2.75) is 19.6 Å². The second-order valence-corrected chi connectivity index (χ2v) is 6.69. The fraction of sp³-hybridized carbons (Fsp3) is 0.136. The van der Waals surface area contributed by atoms with Crippen molar-refractivity contribution in [3.63, 3.8) is 0 Å². The molecule has 0 fully saturated rings. The number of nitrogens with one attached hydrogen (secondary N) is 1. The van der Waals surface area contributed by atoms with E-state index in [0.29, 0.717) is 22.7 Å². The first-order valence-corrected chi connectivity index (χ1v) is 9.09. The highest BCUT2D eigenvalue weighted by Gasteiger charge is 2.31. The van der Waals surface area contributed by atoms with Gasteiger partial charge in [0.25, 0.3) is 11.8 Å². The third kappa shape index (κ3) is 3.94. The number of aromatic nitrogens is 1. The first-order chi connectivity index (χ1) is 14.0. The fourth-order valence-electron chi connectivity index (χ4n) is 3.12. The summed E-state index contributed by atoms with van der Waals surface area (Å²) >= 11 is 0. The monoisotopic (exact) mass is 391 g/mol. The number of amides is 2. The van der Waals surface area contributed by atoms with E-state index < -0.39 is 6.10 Å². The number of hydrogen-bond acceptors (Lipinski definition) is 4. The van der Waals surface area contributed by atoms with Gasteiger partial charge < -0.3 is 15.0 Å². The van der Waals surface area contributed by atoms with Gasteiger partial charge in [-0.2, -0.15) is 0 Å². The molecule has 0 aliphatic carbocycles. The number of fused-ring (bicyclic) bond motifs is 1. The van der Waals surface area contributed by atoms with Crippen molar-refractivity contribution in [2.75, 3.05) is 10.2 Å². The van der Waals surface area contributed by atoms with E-state index in [1.807, 2.05) is 0 Å². The molecule has 2 aromatic carbocycles. The lowest BCUT2D eigenvalue weighted by Gasteiger charge is -2.33. The molecule has 1 aliphatic heterocycles.